The summed E-state index contributed by atoms with van der Waals surface area (Å²) >= 11 is 0. The zero-order chi connectivity index (χ0) is 23.6. The number of likely N-dealkylation sites (N-methyl/N-ethyl adjacent to an activating group) is 1. The lowest BCUT2D eigenvalue weighted by atomic mass is 9.96. The second-order valence-electron chi connectivity index (χ2n) is 8.21. The highest BCUT2D eigenvalue weighted by Crippen LogP contribution is 2.19. The van der Waals surface area contributed by atoms with Crippen LogP contribution in [0.1, 0.15) is 31.2 Å². The Bertz CT molecular complexity index is 936. The number of amides is 4. The van der Waals surface area contributed by atoms with E-state index in [1.54, 1.807) is 43.6 Å². The molecule has 1 aliphatic heterocycles. The molecule has 33 heavy (non-hydrogen) atoms. The normalized spacial score (nSPS) is 19.0. The van der Waals surface area contributed by atoms with Crippen LogP contribution in [0.3, 0.4) is 0 Å². The van der Waals surface area contributed by atoms with Gasteiger partial charge < -0.3 is 25.6 Å². The first kappa shape index (κ1) is 24.0. The Labute approximate surface area is 193 Å². The molecule has 3 N–H and O–H groups in total. The third-order valence-corrected chi connectivity index (χ3v) is 5.70. The van der Waals surface area contributed by atoms with E-state index in [0.29, 0.717) is 31.6 Å². The SMILES string of the molecule is COc1ccc(CNC(=O)[C@@H]2CCC[C@@H](NC(=O)Nc3cccnc3)CN(C)C(=O)C2)cc1. The van der Waals surface area contributed by atoms with Gasteiger partial charge in [0.1, 0.15) is 5.75 Å². The first-order valence-corrected chi connectivity index (χ1v) is 11.1. The number of rotatable bonds is 6. The van der Waals surface area contributed by atoms with Gasteiger partial charge in [-0.05, 0) is 42.7 Å². The lowest BCUT2D eigenvalue weighted by Crippen LogP contribution is -2.45. The van der Waals surface area contributed by atoms with E-state index in [1.165, 1.54) is 0 Å². The third-order valence-electron chi connectivity index (χ3n) is 5.70. The van der Waals surface area contributed by atoms with Gasteiger partial charge in [0.2, 0.25) is 11.8 Å². The minimum atomic E-state index is -0.402. The largest absolute Gasteiger partial charge is 0.497 e. The fraction of sp³-hybridized carbons (Fsp3) is 0.417. The maximum atomic E-state index is 12.8. The molecule has 2 heterocycles. The molecule has 9 heteroatoms. The van der Waals surface area contributed by atoms with Gasteiger partial charge in [-0.15, -0.1) is 0 Å². The Morgan fingerprint density at radius 1 is 1.18 bits per heavy atom. The van der Waals surface area contributed by atoms with Gasteiger partial charge in [-0.25, -0.2) is 4.79 Å². The molecule has 1 aliphatic rings. The summed E-state index contributed by atoms with van der Waals surface area (Å²) in [6.07, 6.45) is 5.31. The molecule has 0 spiro atoms. The van der Waals surface area contributed by atoms with Gasteiger partial charge in [-0.1, -0.05) is 18.6 Å². The number of ether oxygens (including phenoxy) is 1. The average molecular weight is 454 g/mol. The summed E-state index contributed by atoms with van der Waals surface area (Å²) in [5, 5.41) is 8.62. The fourth-order valence-electron chi connectivity index (χ4n) is 3.81. The summed E-state index contributed by atoms with van der Waals surface area (Å²) in [7, 11) is 3.31. The number of methoxy groups -OCH3 is 1. The fourth-order valence-corrected chi connectivity index (χ4v) is 3.81. The smallest absolute Gasteiger partial charge is 0.319 e. The van der Waals surface area contributed by atoms with Crippen LogP contribution in [0.5, 0.6) is 5.75 Å². The summed E-state index contributed by atoms with van der Waals surface area (Å²) < 4.78 is 5.15. The Balaban J connectivity index is 1.53. The van der Waals surface area contributed by atoms with Gasteiger partial charge in [0.15, 0.2) is 0 Å². The van der Waals surface area contributed by atoms with E-state index >= 15 is 0 Å². The quantitative estimate of drug-likeness (QED) is 0.622. The first-order valence-electron chi connectivity index (χ1n) is 11.1. The van der Waals surface area contributed by atoms with Gasteiger partial charge in [0.05, 0.1) is 19.0 Å². The van der Waals surface area contributed by atoms with Crippen LogP contribution in [0.25, 0.3) is 0 Å². The number of hydrogen-bond donors (Lipinski definition) is 3. The van der Waals surface area contributed by atoms with Crippen LogP contribution in [0, 0.1) is 5.92 Å². The van der Waals surface area contributed by atoms with E-state index in [1.807, 2.05) is 24.3 Å². The zero-order valence-electron chi connectivity index (χ0n) is 19.0. The molecule has 0 bridgehead atoms. The van der Waals surface area contributed by atoms with Crippen LogP contribution < -0.4 is 20.7 Å². The van der Waals surface area contributed by atoms with Crippen molar-refractivity contribution in [2.75, 3.05) is 26.0 Å². The monoisotopic (exact) mass is 453 g/mol. The Kier molecular flexibility index (Phi) is 8.63. The van der Waals surface area contributed by atoms with Gasteiger partial charge >= 0.3 is 6.03 Å². The summed E-state index contributed by atoms with van der Waals surface area (Å²) in [6, 6.07) is 10.4. The highest BCUT2D eigenvalue weighted by Gasteiger charge is 2.27. The number of pyridine rings is 1. The van der Waals surface area contributed by atoms with Crippen molar-refractivity contribution in [2.45, 2.75) is 38.3 Å². The molecule has 1 aromatic carbocycles. The summed E-state index contributed by atoms with van der Waals surface area (Å²) in [6.45, 7) is 0.779. The lowest BCUT2D eigenvalue weighted by molar-refractivity contribution is -0.135. The van der Waals surface area contributed by atoms with Crippen molar-refractivity contribution in [1.82, 2.24) is 20.5 Å². The van der Waals surface area contributed by atoms with Crippen molar-refractivity contribution < 1.29 is 19.1 Å². The lowest BCUT2D eigenvalue weighted by Gasteiger charge is -2.24. The van der Waals surface area contributed by atoms with E-state index in [4.69, 9.17) is 4.74 Å². The van der Waals surface area contributed by atoms with Gasteiger partial charge in [-0.3, -0.25) is 14.6 Å². The number of urea groups is 1. The topological polar surface area (TPSA) is 113 Å². The minimum absolute atomic E-state index is 0.110. The molecular weight excluding hydrogens is 422 g/mol. The van der Waals surface area contributed by atoms with Crippen LogP contribution in [0.15, 0.2) is 48.8 Å². The zero-order valence-corrected chi connectivity index (χ0v) is 19.0. The Morgan fingerprint density at radius 2 is 1.97 bits per heavy atom. The molecule has 2 aromatic rings. The number of aromatic nitrogens is 1. The number of anilines is 1. The molecular formula is C24H31N5O4. The van der Waals surface area contributed by atoms with Crippen molar-refractivity contribution in [3.8, 4) is 5.75 Å². The van der Waals surface area contributed by atoms with Gasteiger partial charge in [0.25, 0.3) is 0 Å². The molecule has 3 rings (SSSR count). The van der Waals surface area contributed by atoms with Crippen molar-refractivity contribution in [3.63, 3.8) is 0 Å². The van der Waals surface area contributed by atoms with Crippen LogP contribution in [0.4, 0.5) is 10.5 Å². The molecule has 4 amide bonds. The van der Waals surface area contributed by atoms with Crippen LogP contribution in [-0.4, -0.2) is 54.5 Å². The number of nitrogens with one attached hydrogen (secondary N) is 3. The van der Waals surface area contributed by atoms with E-state index < -0.39 is 5.92 Å². The van der Waals surface area contributed by atoms with E-state index in [2.05, 4.69) is 20.9 Å². The number of hydrogen-bond acceptors (Lipinski definition) is 5. The van der Waals surface area contributed by atoms with Gasteiger partial charge in [-0.2, -0.15) is 0 Å². The van der Waals surface area contributed by atoms with E-state index in [0.717, 1.165) is 17.7 Å². The molecule has 0 aliphatic carbocycles. The second-order valence-corrected chi connectivity index (χ2v) is 8.21. The standard InChI is InChI=1S/C24H31N5O4/c1-29-16-20(28-24(32)27-19-7-4-12-25-15-19)6-3-5-18(13-22(29)30)23(31)26-14-17-8-10-21(33-2)11-9-17/h4,7-12,15,18,20H,3,5-6,13-14,16H2,1-2H3,(H,26,31)(H2,27,28,32)/t18-,20-/m1/s1. The first-order chi connectivity index (χ1) is 15.9. The second kappa shape index (κ2) is 11.8. The predicted molar refractivity (Wildman–Crippen MR) is 125 cm³/mol. The molecule has 1 aromatic heterocycles. The predicted octanol–water partition coefficient (Wildman–Crippen LogP) is 2.55. The van der Waals surface area contributed by atoms with Crippen LogP contribution >= 0.6 is 0 Å². The number of benzene rings is 1. The van der Waals surface area contributed by atoms with Crippen molar-refractivity contribution in [1.29, 1.82) is 0 Å². The number of carbonyl (C=O) groups excluding carboxylic acids is 3. The number of nitrogens with zero attached hydrogens (tertiary/aromatic N) is 2. The molecule has 1 fully saturated rings. The molecule has 2 atom stereocenters. The maximum Gasteiger partial charge on any atom is 0.319 e. The number of carbonyl (C=O) groups is 3. The van der Waals surface area contributed by atoms with Crippen molar-refractivity contribution >= 4 is 23.5 Å². The summed E-state index contributed by atoms with van der Waals surface area (Å²) in [5.74, 6) is 0.114. The molecule has 1 saturated heterocycles. The van der Waals surface area contributed by atoms with Gasteiger partial charge in [0, 0.05) is 44.7 Å². The minimum Gasteiger partial charge on any atom is -0.497 e. The highest BCUT2D eigenvalue weighted by atomic mass is 16.5. The third kappa shape index (κ3) is 7.48. The summed E-state index contributed by atoms with van der Waals surface area (Å²) in [5.41, 5.74) is 1.55. The molecule has 9 nitrogen and oxygen atoms in total. The van der Waals surface area contributed by atoms with E-state index in [9.17, 15) is 14.4 Å². The molecule has 0 unspecified atom stereocenters. The highest BCUT2D eigenvalue weighted by molar-refractivity contribution is 5.89. The molecule has 0 saturated carbocycles. The van der Waals surface area contributed by atoms with E-state index in [-0.39, 0.29) is 30.3 Å². The van der Waals surface area contributed by atoms with Crippen LogP contribution in [0.2, 0.25) is 0 Å². The molecule has 176 valence electrons. The summed E-state index contributed by atoms with van der Waals surface area (Å²) in [4.78, 5) is 43.4. The maximum absolute atomic E-state index is 12.8. The van der Waals surface area contributed by atoms with Crippen molar-refractivity contribution in [2.24, 2.45) is 5.92 Å². The average Bonchev–Trinajstić information content (AvgIpc) is 2.88. The van der Waals surface area contributed by atoms with Crippen molar-refractivity contribution in [3.05, 3.63) is 54.4 Å². The molecule has 0 radical (unpaired) electrons. The Morgan fingerprint density at radius 3 is 2.67 bits per heavy atom. The Hall–Kier alpha value is -3.62. The van der Waals surface area contributed by atoms with Crippen LogP contribution in [-0.2, 0) is 16.1 Å².